The van der Waals surface area contributed by atoms with Crippen LogP contribution in [0.3, 0.4) is 0 Å². The molecule has 0 saturated carbocycles. The van der Waals surface area contributed by atoms with E-state index in [-0.39, 0.29) is 13.1 Å². The van der Waals surface area contributed by atoms with Crippen LogP contribution < -0.4 is 5.73 Å². The van der Waals surface area contributed by atoms with Gasteiger partial charge in [0.25, 0.3) is 5.92 Å². The van der Waals surface area contributed by atoms with E-state index in [0.717, 1.165) is 0 Å². The molecule has 0 aromatic heterocycles. The molecule has 0 atom stereocenters. The highest BCUT2D eigenvalue weighted by molar-refractivity contribution is 5.68. The summed E-state index contributed by atoms with van der Waals surface area (Å²) in [5.74, 6) is -3.56. The van der Waals surface area contributed by atoms with Gasteiger partial charge in [-0.1, -0.05) is 0 Å². The summed E-state index contributed by atoms with van der Waals surface area (Å²) in [5.41, 5.74) is 1.60. The molecule has 0 aromatic carbocycles. The Morgan fingerprint density at radius 3 is 2.16 bits per heavy atom. The Morgan fingerprint density at radius 1 is 1.32 bits per heavy atom. The van der Waals surface area contributed by atoms with E-state index in [2.05, 4.69) is 0 Å². The minimum absolute atomic E-state index is 0.0962. The van der Waals surface area contributed by atoms with Gasteiger partial charge in [-0.05, 0) is 20.8 Å². The Kier molecular flexibility index (Phi) is 4.39. The number of halogens is 3. The lowest BCUT2D eigenvalue weighted by Gasteiger charge is -2.40. The Labute approximate surface area is 111 Å². The first-order valence-electron chi connectivity index (χ1n) is 6.25. The third-order valence-corrected chi connectivity index (χ3v) is 3.12. The summed E-state index contributed by atoms with van der Waals surface area (Å²) in [5, 5.41) is 0. The molecule has 1 fully saturated rings. The van der Waals surface area contributed by atoms with Crippen LogP contribution >= 0.6 is 0 Å². The minimum atomic E-state index is -3.56. The second kappa shape index (κ2) is 5.19. The maximum atomic E-state index is 14.1. The summed E-state index contributed by atoms with van der Waals surface area (Å²) in [6.07, 6.45) is -1.47. The highest BCUT2D eigenvalue weighted by Crippen LogP contribution is 2.40. The zero-order valence-electron chi connectivity index (χ0n) is 11.5. The van der Waals surface area contributed by atoms with Crippen molar-refractivity contribution in [3.63, 3.8) is 0 Å². The number of piperidine rings is 1. The first-order chi connectivity index (χ1) is 8.51. The van der Waals surface area contributed by atoms with E-state index < -0.39 is 42.7 Å². The Hall–Kier alpha value is -0.980. The summed E-state index contributed by atoms with van der Waals surface area (Å²) in [6, 6.07) is 0. The molecule has 4 nitrogen and oxygen atoms in total. The molecule has 7 heteroatoms. The fourth-order valence-electron chi connectivity index (χ4n) is 1.92. The smallest absolute Gasteiger partial charge is 0.410 e. The lowest BCUT2D eigenvalue weighted by molar-refractivity contribution is -0.151. The van der Waals surface area contributed by atoms with E-state index in [1.165, 1.54) is 4.90 Å². The maximum Gasteiger partial charge on any atom is 0.410 e. The van der Waals surface area contributed by atoms with Gasteiger partial charge < -0.3 is 15.4 Å². The largest absolute Gasteiger partial charge is 0.444 e. The number of hydrogen-bond acceptors (Lipinski definition) is 3. The number of hydrogen-bond donors (Lipinski definition) is 1. The van der Waals surface area contributed by atoms with Crippen molar-refractivity contribution in [2.75, 3.05) is 19.6 Å². The van der Waals surface area contributed by atoms with E-state index in [1.807, 2.05) is 0 Å². The number of carbonyl (C=O) groups excluding carboxylic acids is 1. The van der Waals surface area contributed by atoms with E-state index in [4.69, 9.17) is 10.5 Å². The Balaban J connectivity index is 2.60. The van der Waals surface area contributed by atoms with Crippen LogP contribution in [0.25, 0.3) is 0 Å². The maximum absolute atomic E-state index is 14.1. The van der Waals surface area contributed by atoms with Gasteiger partial charge >= 0.3 is 6.09 Å². The third kappa shape index (κ3) is 3.75. The molecule has 0 aliphatic carbocycles. The van der Waals surface area contributed by atoms with Gasteiger partial charge in [-0.2, -0.15) is 0 Å². The van der Waals surface area contributed by atoms with Gasteiger partial charge in [0.2, 0.25) is 0 Å². The SMILES string of the molecule is CC(C)(C)OC(=O)N1CCC(F)(C(F)(F)CN)CC1. The number of likely N-dealkylation sites (tertiary alicyclic amines) is 1. The molecule has 1 heterocycles. The summed E-state index contributed by atoms with van der Waals surface area (Å²) in [4.78, 5) is 13.0. The molecule has 2 N–H and O–H groups in total. The van der Waals surface area contributed by atoms with Gasteiger partial charge in [-0.25, -0.2) is 18.0 Å². The van der Waals surface area contributed by atoms with Crippen molar-refractivity contribution in [2.45, 2.75) is 50.8 Å². The van der Waals surface area contributed by atoms with E-state index in [1.54, 1.807) is 20.8 Å². The fraction of sp³-hybridized carbons (Fsp3) is 0.917. The second-order valence-corrected chi connectivity index (χ2v) is 5.84. The number of ether oxygens (including phenoxy) is 1. The summed E-state index contributed by atoms with van der Waals surface area (Å²) in [7, 11) is 0. The average molecular weight is 282 g/mol. The second-order valence-electron chi connectivity index (χ2n) is 5.84. The zero-order valence-corrected chi connectivity index (χ0v) is 11.5. The molecule has 0 radical (unpaired) electrons. The number of amides is 1. The topological polar surface area (TPSA) is 55.6 Å². The van der Waals surface area contributed by atoms with Crippen LogP contribution in [0.1, 0.15) is 33.6 Å². The normalized spacial score (nSPS) is 20.3. The number of alkyl halides is 3. The summed E-state index contributed by atoms with van der Waals surface area (Å²) >= 11 is 0. The molecule has 0 unspecified atom stereocenters. The van der Waals surface area contributed by atoms with Gasteiger partial charge in [0.1, 0.15) is 5.60 Å². The van der Waals surface area contributed by atoms with Crippen molar-refractivity contribution in [1.29, 1.82) is 0 Å². The molecule has 1 rings (SSSR count). The lowest BCUT2D eigenvalue weighted by Crippen LogP contribution is -2.56. The van der Waals surface area contributed by atoms with Crippen molar-refractivity contribution >= 4 is 6.09 Å². The van der Waals surface area contributed by atoms with Gasteiger partial charge in [-0.15, -0.1) is 0 Å². The fourth-order valence-corrected chi connectivity index (χ4v) is 1.92. The molecular weight excluding hydrogens is 261 g/mol. The third-order valence-electron chi connectivity index (χ3n) is 3.12. The van der Waals surface area contributed by atoms with Gasteiger partial charge in [-0.3, -0.25) is 0 Å². The number of carbonyl (C=O) groups is 1. The van der Waals surface area contributed by atoms with Crippen LogP contribution in [0.5, 0.6) is 0 Å². The van der Waals surface area contributed by atoms with Crippen LogP contribution in [0.4, 0.5) is 18.0 Å². The molecule has 1 aliphatic heterocycles. The van der Waals surface area contributed by atoms with Crippen LogP contribution in [0.15, 0.2) is 0 Å². The molecule has 112 valence electrons. The molecule has 0 spiro atoms. The van der Waals surface area contributed by atoms with Gasteiger partial charge in [0, 0.05) is 25.9 Å². The number of nitrogens with zero attached hydrogens (tertiary/aromatic N) is 1. The first kappa shape index (κ1) is 16.1. The van der Waals surface area contributed by atoms with Crippen LogP contribution in [-0.2, 0) is 4.74 Å². The van der Waals surface area contributed by atoms with Crippen molar-refractivity contribution < 1.29 is 22.7 Å². The highest BCUT2D eigenvalue weighted by atomic mass is 19.3. The average Bonchev–Trinajstić information content (AvgIpc) is 2.27. The highest BCUT2D eigenvalue weighted by Gasteiger charge is 2.55. The Morgan fingerprint density at radius 2 is 1.79 bits per heavy atom. The molecule has 1 aliphatic rings. The molecule has 1 amide bonds. The predicted molar refractivity (Wildman–Crippen MR) is 64.9 cm³/mol. The van der Waals surface area contributed by atoms with Crippen LogP contribution in [-0.4, -0.2) is 47.8 Å². The lowest BCUT2D eigenvalue weighted by atomic mass is 9.87. The van der Waals surface area contributed by atoms with Gasteiger partial charge in [0.05, 0.1) is 6.54 Å². The summed E-state index contributed by atoms with van der Waals surface area (Å²) in [6.45, 7) is 3.89. The van der Waals surface area contributed by atoms with E-state index in [9.17, 15) is 18.0 Å². The standard InChI is InChI=1S/C12H21F3N2O2/c1-10(2,3)19-9(18)17-6-4-11(13,5-7-17)12(14,15)8-16/h4-8,16H2,1-3H3. The molecule has 19 heavy (non-hydrogen) atoms. The summed E-state index contributed by atoms with van der Waals surface area (Å²) < 4.78 is 46.0. The quantitative estimate of drug-likeness (QED) is 0.845. The predicted octanol–water partition coefficient (Wildman–Crippen LogP) is 2.32. The van der Waals surface area contributed by atoms with Crippen molar-refractivity contribution in [2.24, 2.45) is 5.73 Å². The molecule has 0 aromatic rings. The van der Waals surface area contributed by atoms with E-state index >= 15 is 0 Å². The van der Waals surface area contributed by atoms with Crippen molar-refractivity contribution in [3.05, 3.63) is 0 Å². The number of rotatable bonds is 2. The first-order valence-corrected chi connectivity index (χ1v) is 6.25. The molecule has 0 bridgehead atoms. The van der Waals surface area contributed by atoms with Gasteiger partial charge in [0.15, 0.2) is 5.67 Å². The van der Waals surface area contributed by atoms with Crippen molar-refractivity contribution in [1.82, 2.24) is 4.90 Å². The molecule has 1 saturated heterocycles. The number of nitrogens with two attached hydrogens (primary N) is 1. The molecular formula is C12H21F3N2O2. The van der Waals surface area contributed by atoms with Crippen LogP contribution in [0.2, 0.25) is 0 Å². The van der Waals surface area contributed by atoms with Crippen LogP contribution in [0, 0.1) is 0 Å². The minimum Gasteiger partial charge on any atom is -0.444 e. The monoisotopic (exact) mass is 282 g/mol. The Bertz CT molecular complexity index is 334. The van der Waals surface area contributed by atoms with Crippen molar-refractivity contribution in [3.8, 4) is 0 Å². The zero-order chi connectivity index (χ0) is 14.9. The van der Waals surface area contributed by atoms with E-state index in [0.29, 0.717) is 0 Å².